The number of nitrogens with zero attached hydrogens (tertiary/aromatic N) is 1. The third-order valence-corrected chi connectivity index (χ3v) is 3.22. The molecule has 112 valence electrons. The Morgan fingerprint density at radius 1 is 1.36 bits per heavy atom. The molecule has 0 atom stereocenters. The number of hydrogen-bond donors (Lipinski definition) is 1. The molecule has 1 aromatic carbocycles. The fourth-order valence-electron chi connectivity index (χ4n) is 1.51. The molecule has 1 aromatic heterocycles. The second-order valence-corrected chi connectivity index (χ2v) is 5.22. The van der Waals surface area contributed by atoms with Gasteiger partial charge in [-0.1, -0.05) is 11.6 Å². The zero-order chi connectivity index (χ0) is 16.1. The highest BCUT2D eigenvalue weighted by molar-refractivity contribution is 9.10. The zero-order valence-electron chi connectivity index (χ0n) is 10.9. The lowest BCUT2D eigenvalue weighted by atomic mass is 10.2. The van der Waals surface area contributed by atoms with E-state index < -0.39 is 18.5 Å². The summed E-state index contributed by atoms with van der Waals surface area (Å²) in [5.41, 5.74) is 0.695. The number of nitrogens with one attached hydrogen (secondary N) is 1. The van der Waals surface area contributed by atoms with Crippen molar-refractivity contribution in [3.8, 4) is 6.07 Å². The number of esters is 1. The summed E-state index contributed by atoms with van der Waals surface area (Å²) in [5.74, 6) is -1.31. The van der Waals surface area contributed by atoms with Crippen molar-refractivity contribution in [2.24, 2.45) is 0 Å². The maximum atomic E-state index is 11.7. The van der Waals surface area contributed by atoms with Crippen LogP contribution in [0, 0.1) is 11.3 Å². The molecular weight excluding hydrogens is 376 g/mol. The fourth-order valence-corrected chi connectivity index (χ4v) is 2.04. The standard InChI is InChI=1S/C14H8BrClN2O4/c15-12-4-3-11(22-12)14(20)21-7-13(19)18-9-2-1-8(6-17)10(16)5-9/h1-5H,7H2,(H,18,19). The first-order valence-electron chi connectivity index (χ1n) is 5.91. The van der Waals surface area contributed by atoms with Crippen LogP contribution in [0.2, 0.25) is 5.02 Å². The van der Waals surface area contributed by atoms with Crippen molar-refractivity contribution in [1.82, 2.24) is 0 Å². The molecule has 1 N–H and O–H groups in total. The zero-order valence-corrected chi connectivity index (χ0v) is 13.3. The number of anilines is 1. The first-order chi connectivity index (χ1) is 10.5. The highest BCUT2D eigenvalue weighted by Crippen LogP contribution is 2.20. The average Bonchev–Trinajstić information content (AvgIpc) is 2.91. The van der Waals surface area contributed by atoms with Crippen LogP contribution in [0.4, 0.5) is 5.69 Å². The molecule has 0 unspecified atom stereocenters. The number of benzene rings is 1. The molecule has 0 saturated carbocycles. The molecule has 0 fully saturated rings. The monoisotopic (exact) mass is 382 g/mol. The summed E-state index contributed by atoms with van der Waals surface area (Å²) in [4.78, 5) is 23.3. The number of nitriles is 1. The maximum Gasteiger partial charge on any atom is 0.374 e. The van der Waals surface area contributed by atoms with Gasteiger partial charge in [-0.25, -0.2) is 4.79 Å². The van der Waals surface area contributed by atoms with Gasteiger partial charge in [-0.2, -0.15) is 5.26 Å². The third kappa shape index (κ3) is 4.10. The van der Waals surface area contributed by atoms with Gasteiger partial charge in [-0.05, 0) is 46.3 Å². The minimum absolute atomic E-state index is 0.0129. The number of hydrogen-bond acceptors (Lipinski definition) is 5. The summed E-state index contributed by atoms with van der Waals surface area (Å²) in [6.07, 6.45) is 0. The Morgan fingerprint density at radius 2 is 2.14 bits per heavy atom. The summed E-state index contributed by atoms with van der Waals surface area (Å²) >= 11 is 8.90. The summed E-state index contributed by atoms with van der Waals surface area (Å²) in [6, 6.07) is 9.30. The number of halogens is 2. The fraction of sp³-hybridized carbons (Fsp3) is 0.0714. The van der Waals surface area contributed by atoms with Gasteiger partial charge in [0, 0.05) is 5.69 Å². The quantitative estimate of drug-likeness (QED) is 0.817. The third-order valence-electron chi connectivity index (χ3n) is 2.48. The van der Waals surface area contributed by atoms with Gasteiger partial charge in [-0.3, -0.25) is 4.79 Å². The van der Waals surface area contributed by atoms with E-state index in [9.17, 15) is 9.59 Å². The molecule has 1 heterocycles. The molecule has 0 aliphatic rings. The predicted molar refractivity (Wildman–Crippen MR) is 81.5 cm³/mol. The van der Waals surface area contributed by atoms with Crippen LogP contribution in [0.3, 0.4) is 0 Å². The molecule has 6 nitrogen and oxygen atoms in total. The Hall–Kier alpha value is -2.30. The van der Waals surface area contributed by atoms with E-state index >= 15 is 0 Å². The van der Waals surface area contributed by atoms with Gasteiger partial charge >= 0.3 is 5.97 Å². The average molecular weight is 384 g/mol. The van der Waals surface area contributed by atoms with Crippen molar-refractivity contribution in [3.63, 3.8) is 0 Å². The molecule has 8 heteroatoms. The Kier molecular flexibility index (Phi) is 5.20. The van der Waals surface area contributed by atoms with Crippen LogP contribution in [-0.4, -0.2) is 18.5 Å². The maximum absolute atomic E-state index is 11.7. The number of carbonyl (C=O) groups excluding carboxylic acids is 2. The van der Waals surface area contributed by atoms with Crippen LogP contribution in [0.25, 0.3) is 0 Å². The van der Waals surface area contributed by atoms with Crippen molar-refractivity contribution in [1.29, 1.82) is 5.26 Å². The Bertz CT molecular complexity index is 766. The minimum Gasteiger partial charge on any atom is -0.450 e. The SMILES string of the molecule is N#Cc1ccc(NC(=O)COC(=O)c2ccc(Br)o2)cc1Cl. The van der Waals surface area contributed by atoms with E-state index in [0.717, 1.165) is 0 Å². The molecular formula is C14H8BrClN2O4. The van der Waals surface area contributed by atoms with Crippen molar-refractivity contribution >= 4 is 45.1 Å². The Balaban J connectivity index is 1.89. The Morgan fingerprint density at radius 3 is 2.73 bits per heavy atom. The van der Waals surface area contributed by atoms with E-state index in [1.54, 1.807) is 0 Å². The summed E-state index contributed by atoms with van der Waals surface area (Å²) in [7, 11) is 0. The van der Waals surface area contributed by atoms with E-state index in [1.807, 2.05) is 6.07 Å². The van der Waals surface area contributed by atoms with Crippen LogP contribution < -0.4 is 5.32 Å². The molecule has 0 spiro atoms. The van der Waals surface area contributed by atoms with E-state index in [2.05, 4.69) is 21.2 Å². The second kappa shape index (κ2) is 7.11. The Labute approximate surface area is 138 Å². The van der Waals surface area contributed by atoms with Crippen LogP contribution in [0.15, 0.2) is 39.4 Å². The van der Waals surface area contributed by atoms with Gasteiger partial charge in [0.05, 0.1) is 10.6 Å². The number of ether oxygens (including phenoxy) is 1. The van der Waals surface area contributed by atoms with Crippen molar-refractivity contribution < 1.29 is 18.7 Å². The number of furan rings is 1. The van der Waals surface area contributed by atoms with Gasteiger partial charge < -0.3 is 14.5 Å². The van der Waals surface area contributed by atoms with Gasteiger partial charge in [-0.15, -0.1) is 0 Å². The molecule has 2 aromatic rings. The predicted octanol–water partition coefficient (Wildman–Crippen LogP) is 3.36. The van der Waals surface area contributed by atoms with Gasteiger partial charge in [0.25, 0.3) is 5.91 Å². The summed E-state index contributed by atoms with van der Waals surface area (Å²) < 4.78 is 10.2. The van der Waals surface area contributed by atoms with Crippen molar-refractivity contribution in [2.45, 2.75) is 0 Å². The van der Waals surface area contributed by atoms with Crippen LogP contribution in [0.1, 0.15) is 16.1 Å². The largest absolute Gasteiger partial charge is 0.450 e. The number of carbonyl (C=O) groups is 2. The molecule has 22 heavy (non-hydrogen) atoms. The topological polar surface area (TPSA) is 92.3 Å². The minimum atomic E-state index is -0.751. The molecule has 1 amide bonds. The van der Waals surface area contributed by atoms with Gasteiger partial charge in [0.2, 0.25) is 5.76 Å². The highest BCUT2D eigenvalue weighted by atomic mass is 79.9. The van der Waals surface area contributed by atoms with Crippen LogP contribution >= 0.6 is 27.5 Å². The van der Waals surface area contributed by atoms with Gasteiger partial charge in [0.15, 0.2) is 11.3 Å². The molecule has 0 saturated heterocycles. The van der Waals surface area contributed by atoms with Crippen LogP contribution in [-0.2, 0) is 9.53 Å². The normalized spacial score (nSPS) is 9.86. The molecule has 0 bridgehead atoms. The molecule has 0 aliphatic carbocycles. The smallest absolute Gasteiger partial charge is 0.374 e. The van der Waals surface area contributed by atoms with E-state index in [1.165, 1.54) is 30.3 Å². The number of rotatable bonds is 4. The lowest BCUT2D eigenvalue weighted by Gasteiger charge is -2.06. The van der Waals surface area contributed by atoms with E-state index in [-0.39, 0.29) is 10.8 Å². The lowest BCUT2D eigenvalue weighted by Crippen LogP contribution is -2.20. The highest BCUT2D eigenvalue weighted by Gasteiger charge is 2.14. The van der Waals surface area contributed by atoms with E-state index in [4.69, 9.17) is 26.0 Å². The lowest BCUT2D eigenvalue weighted by molar-refractivity contribution is -0.119. The summed E-state index contributed by atoms with van der Waals surface area (Å²) in [6.45, 7) is -0.477. The van der Waals surface area contributed by atoms with Crippen molar-refractivity contribution in [2.75, 3.05) is 11.9 Å². The number of amides is 1. The molecule has 0 radical (unpaired) electrons. The van der Waals surface area contributed by atoms with Gasteiger partial charge in [0.1, 0.15) is 6.07 Å². The first-order valence-corrected chi connectivity index (χ1v) is 7.08. The molecule has 0 aliphatic heterocycles. The van der Waals surface area contributed by atoms with Crippen LogP contribution in [0.5, 0.6) is 0 Å². The molecule has 2 rings (SSSR count). The second-order valence-electron chi connectivity index (χ2n) is 4.03. The first kappa shape index (κ1) is 16.1. The summed E-state index contributed by atoms with van der Waals surface area (Å²) in [5, 5.41) is 11.5. The van der Waals surface area contributed by atoms with Crippen molar-refractivity contribution in [3.05, 3.63) is 51.3 Å². The van der Waals surface area contributed by atoms with E-state index in [0.29, 0.717) is 15.9 Å².